The molecule has 3 aromatic carbocycles. The van der Waals surface area contributed by atoms with E-state index in [1.54, 1.807) is 30.3 Å². The number of halogens is 1. The van der Waals surface area contributed by atoms with Gasteiger partial charge in [0.1, 0.15) is 5.82 Å². The van der Waals surface area contributed by atoms with E-state index in [-0.39, 0.29) is 0 Å². The van der Waals surface area contributed by atoms with Gasteiger partial charge < -0.3 is 15.0 Å². The molecule has 1 atom stereocenters. The molecule has 0 aliphatic carbocycles. The molecule has 1 heterocycles. The maximum atomic E-state index is 12.8. The van der Waals surface area contributed by atoms with Gasteiger partial charge in [0.05, 0.1) is 16.6 Å². The molecular formula is C23H18BrN3O3. The Labute approximate surface area is 181 Å². The van der Waals surface area contributed by atoms with Gasteiger partial charge in [-0.05, 0) is 49.4 Å². The average Bonchev–Trinajstić information content (AvgIpc) is 3.19. The minimum Gasteiger partial charge on any atom is -0.449 e. The van der Waals surface area contributed by atoms with Crippen LogP contribution in [0.2, 0.25) is 0 Å². The third kappa shape index (κ3) is 4.26. The molecule has 4 rings (SSSR count). The highest BCUT2D eigenvalue weighted by Crippen LogP contribution is 2.25. The molecular weight excluding hydrogens is 446 g/mol. The molecule has 0 bridgehead atoms. The highest BCUT2D eigenvalue weighted by atomic mass is 79.9. The Hall–Kier alpha value is -3.45. The van der Waals surface area contributed by atoms with Gasteiger partial charge in [-0.2, -0.15) is 0 Å². The molecule has 4 aromatic rings. The van der Waals surface area contributed by atoms with Gasteiger partial charge in [-0.15, -0.1) is 0 Å². The third-order valence-electron chi connectivity index (χ3n) is 4.56. The summed E-state index contributed by atoms with van der Waals surface area (Å²) in [5.74, 6) is -0.438. The van der Waals surface area contributed by atoms with Gasteiger partial charge in [-0.3, -0.25) is 4.79 Å². The van der Waals surface area contributed by atoms with Crippen LogP contribution in [-0.4, -0.2) is 27.9 Å². The van der Waals surface area contributed by atoms with Crippen molar-refractivity contribution in [2.75, 3.05) is 5.32 Å². The average molecular weight is 464 g/mol. The van der Waals surface area contributed by atoms with Crippen molar-refractivity contribution < 1.29 is 14.3 Å². The van der Waals surface area contributed by atoms with Crippen molar-refractivity contribution in [1.82, 2.24) is 9.97 Å². The second-order valence-electron chi connectivity index (χ2n) is 6.69. The van der Waals surface area contributed by atoms with E-state index >= 15 is 0 Å². The van der Waals surface area contributed by atoms with Crippen LogP contribution in [0.4, 0.5) is 5.69 Å². The first kappa shape index (κ1) is 19.8. The Kier molecular flexibility index (Phi) is 5.63. The first-order valence-electron chi connectivity index (χ1n) is 9.33. The molecule has 0 fully saturated rings. The SMILES string of the molecule is CC(OC(=O)c1ccccc1-c1nc2ccccc2[nH]1)C(=O)Nc1ccc(Br)cc1. The first-order valence-corrected chi connectivity index (χ1v) is 10.1. The smallest absolute Gasteiger partial charge is 0.339 e. The zero-order valence-electron chi connectivity index (χ0n) is 16.1. The molecule has 2 N–H and O–H groups in total. The fourth-order valence-corrected chi connectivity index (χ4v) is 3.27. The third-order valence-corrected chi connectivity index (χ3v) is 5.08. The number of carbonyl (C=O) groups is 2. The van der Waals surface area contributed by atoms with E-state index in [1.165, 1.54) is 6.92 Å². The zero-order valence-corrected chi connectivity index (χ0v) is 17.6. The summed E-state index contributed by atoms with van der Waals surface area (Å²) in [5, 5.41) is 2.73. The summed E-state index contributed by atoms with van der Waals surface area (Å²) in [6.45, 7) is 1.54. The summed E-state index contributed by atoms with van der Waals surface area (Å²) < 4.78 is 6.33. The minimum absolute atomic E-state index is 0.333. The van der Waals surface area contributed by atoms with Crippen molar-refractivity contribution in [2.24, 2.45) is 0 Å². The van der Waals surface area contributed by atoms with Crippen LogP contribution >= 0.6 is 15.9 Å². The molecule has 7 heteroatoms. The number of fused-ring (bicyclic) bond motifs is 1. The van der Waals surface area contributed by atoms with Crippen molar-refractivity contribution in [1.29, 1.82) is 0 Å². The van der Waals surface area contributed by atoms with Gasteiger partial charge in [0.25, 0.3) is 5.91 Å². The van der Waals surface area contributed by atoms with E-state index in [2.05, 4.69) is 31.2 Å². The van der Waals surface area contributed by atoms with Gasteiger partial charge in [-0.25, -0.2) is 9.78 Å². The van der Waals surface area contributed by atoms with Crippen LogP contribution < -0.4 is 5.32 Å². The summed E-state index contributed by atoms with van der Waals surface area (Å²) in [5.41, 5.74) is 3.24. The van der Waals surface area contributed by atoms with Crippen molar-refractivity contribution in [3.05, 3.63) is 82.8 Å². The van der Waals surface area contributed by atoms with E-state index < -0.39 is 18.0 Å². The summed E-state index contributed by atoms with van der Waals surface area (Å²) >= 11 is 3.35. The molecule has 1 unspecified atom stereocenters. The zero-order chi connectivity index (χ0) is 21.1. The predicted molar refractivity (Wildman–Crippen MR) is 119 cm³/mol. The number of nitrogens with one attached hydrogen (secondary N) is 2. The van der Waals surface area contributed by atoms with Gasteiger partial charge in [-0.1, -0.05) is 46.3 Å². The summed E-state index contributed by atoms with van der Waals surface area (Å²) in [4.78, 5) is 33.0. The number of aromatic nitrogens is 2. The number of imidazole rings is 1. The van der Waals surface area contributed by atoms with E-state index in [0.717, 1.165) is 15.5 Å². The number of H-pyrrole nitrogens is 1. The molecule has 150 valence electrons. The van der Waals surface area contributed by atoms with Crippen molar-refractivity contribution >= 4 is 44.5 Å². The lowest BCUT2D eigenvalue weighted by Gasteiger charge is -2.14. The number of benzene rings is 3. The Morgan fingerprint density at radius 1 is 1.00 bits per heavy atom. The normalized spacial score (nSPS) is 11.8. The van der Waals surface area contributed by atoms with Crippen LogP contribution in [0.1, 0.15) is 17.3 Å². The number of ether oxygens (including phenoxy) is 1. The molecule has 0 radical (unpaired) electrons. The lowest BCUT2D eigenvalue weighted by atomic mass is 10.1. The quantitative estimate of drug-likeness (QED) is 0.399. The molecule has 6 nitrogen and oxygen atoms in total. The molecule has 0 aliphatic heterocycles. The molecule has 0 spiro atoms. The number of anilines is 1. The van der Waals surface area contributed by atoms with Crippen molar-refractivity contribution in [3.8, 4) is 11.4 Å². The van der Waals surface area contributed by atoms with E-state index in [9.17, 15) is 9.59 Å². The van der Waals surface area contributed by atoms with Crippen molar-refractivity contribution in [3.63, 3.8) is 0 Å². The van der Waals surface area contributed by atoms with E-state index in [0.29, 0.717) is 22.6 Å². The standard InChI is InChI=1S/C23H18BrN3O3/c1-14(22(28)25-16-12-10-15(24)11-13-16)30-23(29)18-7-3-2-6-17(18)21-26-19-8-4-5-9-20(19)27-21/h2-14H,1H3,(H,25,28)(H,26,27). The number of aromatic amines is 1. The maximum absolute atomic E-state index is 12.8. The second kappa shape index (κ2) is 8.51. The number of nitrogens with zero attached hydrogens (tertiary/aromatic N) is 1. The number of rotatable bonds is 5. The summed E-state index contributed by atoms with van der Waals surface area (Å²) in [6, 6.07) is 21.8. The van der Waals surface area contributed by atoms with Crippen LogP contribution in [0.3, 0.4) is 0 Å². The lowest BCUT2D eigenvalue weighted by Crippen LogP contribution is -2.30. The molecule has 0 aliphatic rings. The predicted octanol–water partition coefficient (Wildman–Crippen LogP) is 5.18. The molecule has 0 saturated heterocycles. The molecule has 30 heavy (non-hydrogen) atoms. The van der Waals surface area contributed by atoms with E-state index in [4.69, 9.17) is 4.74 Å². The van der Waals surface area contributed by atoms with Gasteiger partial charge in [0.2, 0.25) is 0 Å². The lowest BCUT2D eigenvalue weighted by molar-refractivity contribution is -0.123. The molecule has 0 saturated carbocycles. The van der Waals surface area contributed by atoms with Gasteiger partial charge >= 0.3 is 5.97 Å². The van der Waals surface area contributed by atoms with E-state index in [1.807, 2.05) is 42.5 Å². The van der Waals surface area contributed by atoms with Gasteiger partial charge in [0, 0.05) is 15.7 Å². The Bertz CT molecular complexity index is 1180. The molecule has 1 aromatic heterocycles. The van der Waals surface area contributed by atoms with Gasteiger partial charge in [0.15, 0.2) is 6.10 Å². The second-order valence-corrected chi connectivity index (χ2v) is 7.61. The highest BCUT2D eigenvalue weighted by molar-refractivity contribution is 9.10. The highest BCUT2D eigenvalue weighted by Gasteiger charge is 2.22. The Morgan fingerprint density at radius 2 is 1.70 bits per heavy atom. The number of esters is 1. The van der Waals surface area contributed by atoms with Crippen LogP contribution in [0.5, 0.6) is 0 Å². The maximum Gasteiger partial charge on any atom is 0.339 e. The topological polar surface area (TPSA) is 84.1 Å². The van der Waals surface area contributed by atoms with Crippen LogP contribution in [-0.2, 0) is 9.53 Å². The van der Waals surface area contributed by atoms with Crippen LogP contribution in [0.25, 0.3) is 22.4 Å². The fourth-order valence-electron chi connectivity index (χ4n) is 3.00. The van der Waals surface area contributed by atoms with Crippen molar-refractivity contribution in [2.45, 2.75) is 13.0 Å². The Balaban J connectivity index is 1.52. The van der Waals surface area contributed by atoms with Crippen LogP contribution in [0.15, 0.2) is 77.3 Å². The summed E-state index contributed by atoms with van der Waals surface area (Å²) in [7, 11) is 0. The van der Waals surface area contributed by atoms with Crippen LogP contribution in [0, 0.1) is 0 Å². The fraction of sp³-hybridized carbons (Fsp3) is 0.0870. The number of carbonyl (C=O) groups excluding carboxylic acids is 2. The largest absolute Gasteiger partial charge is 0.449 e. The summed E-state index contributed by atoms with van der Waals surface area (Å²) in [6.07, 6.45) is -0.968. The number of para-hydroxylation sites is 2. The monoisotopic (exact) mass is 463 g/mol. The number of amides is 1. The Morgan fingerprint density at radius 3 is 2.47 bits per heavy atom. The molecule has 1 amide bonds. The minimum atomic E-state index is -0.968. The number of hydrogen-bond acceptors (Lipinski definition) is 4. The first-order chi connectivity index (χ1) is 14.5. The number of hydrogen-bond donors (Lipinski definition) is 2.